The molecule has 12 heteroatoms. The van der Waals surface area contributed by atoms with E-state index in [0.717, 1.165) is 6.42 Å². The number of ether oxygens (including phenoxy) is 1. The van der Waals surface area contributed by atoms with Gasteiger partial charge in [0.25, 0.3) is 5.91 Å². The second kappa shape index (κ2) is 14.0. The Kier molecular flexibility index (Phi) is 10.4. The van der Waals surface area contributed by atoms with Crippen molar-refractivity contribution in [2.75, 3.05) is 26.3 Å². The highest BCUT2D eigenvalue weighted by molar-refractivity contribution is 6.01. The summed E-state index contributed by atoms with van der Waals surface area (Å²) in [4.78, 5) is 69.1. The van der Waals surface area contributed by atoms with Crippen LogP contribution in [0, 0.1) is 5.92 Å². The van der Waals surface area contributed by atoms with Crippen LogP contribution in [0.4, 0.5) is 0 Å². The molecule has 5 amide bonds. The molecule has 2 heterocycles. The lowest BCUT2D eigenvalue weighted by atomic mass is 9.80. The van der Waals surface area contributed by atoms with Gasteiger partial charge in [-0.05, 0) is 43.7 Å². The number of carbonyl (C=O) groups excluding carboxylic acids is 5. The lowest BCUT2D eigenvalue weighted by Crippen LogP contribution is -2.64. The molecule has 3 atom stereocenters. The Morgan fingerprint density at radius 3 is 2.52 bits per heavy atom. The zero-order valence-electron chi connectivity index (χ0n) is 24.4. The van der Waals surface area contributed by atoms with Crippen LogP contribution in [0.3, 0.4) is 0 Å². The number of amides is 5. The van der Waals surface area contributed by atoms with Crippen LogP contribution in [0.2, 0.25) is 0 Å². The van der Waals surface area contributed by atoms with Gasteiger partial charge < -0.3 is 36.0 Å². The molecule has 1 saturated heterocycles. The maximum Gasteiger partial charge on any atom is 0.255 e. The maximum absolute atomic E-state index is 13.7. The predicted molar refractivity (Wildman–Crippen MR) is 153 cm³/mol. The molecule has 0 aromatic heterocycles. The van der Waals surface area contributed by atoms with E-state index in [2.05, 4.69) is 21.3 Å². The fraction of sp³-hybridized carbons (Fsp3) is 0.633. The Hall–Kier alpha value is -3.67. The van der Waals surface area contributed by atoms with Crippen LogP contribution in [0.1, 0.15) is 75.6 Å². The van der Waals surface area contributed by atoms with Crippen molar-refractivity contribution in [1.82, 2.24) is 26.2 Å². The summed E-state index contributed by atoms with van der Waals surface area (Å²) in [5.74, 6) is -2.41. The van der Waals surface area contributed by atoms with Gasteiger partial charge in [-0.1, -0.05) is 45.2 Å². The summed E-state index contributed by atoms with van der Waals surface area (Å²) in [6, 6.07) is 4.07. The second-order valence-corrected chi connectivity index (χ2v) is 11.8. The molecular weight excluding hydrogens is 542 g/mol. The minimum Gasteiger partial charge on any atom is -0.491 e. The molecule has 4 rings (SSSR count). The average Bonchev–Trinajstić information content (AvgIpc) is 3.46. The normalized spacial score (nSPS) is 25.9. The van der Waals surface area contributed by atoms with E-state index in [9.17, 15) is 29.1 Å². The highest BCUT2D eigenvalue weighted by Crippen LogP contribution is 2.29. The molecular formula is C30H43N5O7. The summed E-state index contributed by atoms with van der Waals surface area (Å²) in [5.41, 5.74) is -1.07. The van der Waals surface area contributed by atoms with E-state index in [4.69, 9.17) is 4.74 Å². The molecule has 3 aliphatic rings. The van der Waals surface area contributed by atoms with Crippen molar-refractivity contribution in [3.05, 3.63) is 29.8 Å². The van der Waals surface area contributed by atoms with Crippen LogP contribution in [0.5, 0.6) is 5.75 Å². The van der Waals surface area contributed by atoms with Gasteiger partial charge in [-0.25, -0.2) is 0 Å². The molecule has 2 aliphatic heterocycles. The number of nitrogens with zero attached hydrogens (tertiary/aromatic N) is 1. The van der Waals surface area contributed by atoms with Crippen LogP contribution >= 0.6 is 0 Å². The Balaban J connectivity index is 1.68. The largest absolute Gasteiger partial charge is 0.491 e. The highest BCUT2D eigenvalue weighted by Gasteiger charge is 2.44. The topological polar surface area (TPSA) is 166 Å². The number of rotatable bonds is 3. The van der Waals surface area contributed by atoms with E-state index in [-0.39, 0.29) is 42.9 Å². The van der Waals surface area contributed by atoms with E-state index >= 15 is 0 Å². The minimum atomic E-state index is -1.24. The SMILES string of the molecule is CC(C)[C@H]1NC(=O)C2(CCCCC2)NC(=O)C[C@@H](C(=O)N2CCC[C@@H]2CO)NC(=O)c2ccccc2OCCNC1=O. The number of likely N-dealkylation sites (tertiary alicyclic amines) is 1. The van der Waals surface area contributed by atoms with Gasteiger partial charge in [0.1, 0.15) is 30.0 Å². The first kappa shape index (κ1) is 31.3. The Bertz CT molecular complexity index is 1170. The summed E-state index contributed by atoms with van der Waals surface area (Å²) in [6.07, 6.45) is 4.05. The molecule has 230 valence electrons. The van der Waals surface area contributed by atoms with Gasteiger partial charge in [0, 0.05) is 6.54 Å². The predicted octanol–water partition coefficient (Wildman–Crippen LogP) is 0.627. The third-order valence-corrected chi connectivity index (χ3v) is 8.41. The number of para-hydroxylation sites is 1. The molecule has 1 aromatic carbocycles. The fourth-order valence-electron chi connectivity index (χ4n) is 6.06. The fourth-order valence-corrected chi connectivity index (χ4v) is 6.06. The number of benzene rings is 1. The monoisotopic (exact) mass is 585 g/mol. The quantitative estimate of drug-likeness (QED) is 0.347. The lowest BCUT2D eigenvalue weighted by molar-refractivity contribution is -0.140. The maximum atomic E-state index is 13.7. The third kappa shape index (κ3) is 7.21. The summed E-state index contributed by atoms with van der Waals surface area (Å²) >= 11 is 0. The molecule has 1 aliphatic carbocycles. The highest BCUT2D eigenvalue weighted by atomic mass is 16.5. The molecule has 0 unspecified atom stereocenters. The smallest absolute Gasteiger partial charge is 0.255 e. The summed E-state index contributed by atoms with van der Waals surface area (Å²) in [6.45, 7) is 4.04. The van der Waals surface area contributed by atoms with Crippen molar-refractivity contribution in [2.45, 2.75) is 88.9 Å². The van der Waals surface area contributed by atoms with Crippen molar-refractivity contribution in [1.29, 1.82) is 0 Å². The van der Waals surface area contributed by atoms with Crippen molar-refractivity contribution < 1.29 is 33.8 Å². The van der Waals surface area contributed by atoms with Gasteiger partial charge in [0.2, 0.25) is 23.6 Å². The number of hydrogen-bond acceptors (Lipinski definition) is 7. The van der Waals surface area contributed by atoms with Crippen LogP contribution in [0.25, 0.3) is 0 Å². The molecule has 12 nitrogen and oxygen atoms in total. The van der Waals surface area contributed by atoms with Crippen LogP contribution < -0.4 is 26.0 Å². The van der Waals surface area contributed by atoms with Crippen molar-refractivity contribution in [2.24, 2.45) is 5.92 Å². The molecule has 42 heavy (non-hydrogen) atoms. The first-order valence-electron chi connectivity index (χ1n) is 15.0. The third-order valence-electron chi connectivity index (χ3n) is 8.41. The van der Waals surface area contributed by atoms with Gasteiger partial charge >= 0.3 is 0 Å². The van der Waals surface area contributed by atoms with Gasteiger partial charge in [-0.15, -0.1) is 0 Å². The number of carbonyl (C=O) groups is 5. The molecule has 5 N–H and O–H groups in total. The van der Waals surface area contributed by atoms with E-state index in [1.165, 1.54) is 4.90 Å². The molecule has 1 aromatic rings. The van der Waals surface area contributed by atoms with E-state index < -0.39 is 53.7 Å². The van der Waals surface area contributed by atoms with E-state index in [0.29, 0.717) is 45.1 Å². The number of hydrogen-bond donors (Lipinski definition) is 5. The van der Waals surface area contributed by atoms with Crippen molar-refractivity contribution in [3.63, 3.8) is 0 Å². The zero-order chi connectivity index (χ0) is 30.3. The summed E-state index contributed by atoms with van der Waals surface area (Å²) in [5, 5.41) is 21.1. The van der Waals surface area contributed by atoms with Crippen LogP contribution in [-0.4, -0.2) is 89.5 Å². The Morgan fingerprint density at radius 2 is 1.81 bits per heavy atom. The summed E-state index contributed by atoms with van der Waals surface area (Å²) < 4.78 is 5.82. The van der Waals surface area contributed by atoms with E-state index in [1.807, 2.05) is 13.8 Å². The van der Waals surface area contributed by atoms with Gasteiger partial charge in [0.05, 0.1) is 31.2 Å². The Labute approximate surface area is 246 Å². The lowest BCUT2D eigenvalue weighted by Gasteiger charge is -2.38. The number of aliphatic hydroxyl groups is 1. The molecule has 0 bridgehead atoms. The van der Waals surface area contributed by atoms with Crippen molar-refractivity contribution >= 4 is 29.5 Å². The number of aliphatic hydroxyl groups excluding tert-OH is 1. The second-order valence-electron chi connectivity index (χ2n) is 11.8. The first-order chi connectivity index (χ1) is 20.1. The average molecular weight is 586 g/mol. The Morgan fingerprint density at radius 1 is 1.07 bits per heavy atom. The zero-order valence-corrected chi connectivity index (χ0v) is 24.4. The number of nitrogens with one attached hydrogen (secondary N) is 4. The summed E-state index contributed by atoms with van der Waals surface area (Å²) in [7, 11) is 0. The molecule has 1 spiro atoms. The van der Waals surface area contributed by atoms with Crippen LogP contribution in [0.15, 0.2) is 24.3 Å². The van der Waals surface area contributed by atoms with Crippen molar-refractivity contribution in [3.8, 4) is 5.75 Å². The number of fused-ring (bicyclic) bond motifs is 1. The standard InChI is InChI=1S/C30H43N5O7/c1-19(2)25-27(39)31-14-16-42-23-11-5-4-10-21(23)26(38)32-22(28(40)35-15-8-9-20(35)18-36)17-24(37)34-30(29(41)33-25)12-6-3-7-13-30/h4-5,10-11,19-20,22,25,36H,3,6-9,12-18H2,1-2H3,(H,31,39)(H,32,38)(H,33,41)(H,34,37)/t20-,22+,25-/m1/s1. The first-order valence-corrected chi connectivity index (χ1v) is 15.0. The van der Waals surface area contributed by atoms with Crippen LogP contribution in [-0.2, 0) is 19.2 Å². The molecule has 1 saturated carbocycles. The van der Waals surface area contributed by atoms with Gasteiger partial charge in [-0.2, -0.15) is 0 Å². The molecule has 2 fully saturated rings. The van der Waals surface area contributed by atoms with Gasteiger partial charge in [-0.3, -0.25) is 24.0 Å². The van der Waals surface area contributed by atoms with Gasteiger partial charge in [0.15, 0.2) is 0 Å². The minimum absolute atomic E-state index is 0.0626. The molecule has 0 radical (unpaired) electrons. The van der Waals surface area contributed by atoms with E-state index in [1.54, 1.807) is 24.3 Å².